The van der Waals surface area contributed by atoms with E-state index in [1.54, 1.807) is 12.1 Å². The molecule has 1 atom stereocenters. The molecule has 0 heterocycles. The van der Waals surface area contributed by atoms with Crippen LogP contribution in [0.3, 0.4) is 0 Å². The van der Waals surface area contributed by atoms with Crippen molar-refractivity contribution in [2.75, 3.05) is 7.05 Å². The summed E-state index contributed by atoms with van der Waals surface area (Å²) in [5.41, 5.74) is 1.83. The van der Waals surface area contributed by atoms with Crippen LogP contribution in [-0.4, -0.2) is 13.1 Å². The van der Waals surface area contributed by atoms with E-state index < -0.39 is 0 Å². The monoisotopic (exact) mass is 339 g/mol. The van der Waals surface area contributed by atoms with Crippen LogP contribution in [0.25, 0.3) is 0 Å². The molecular weight excluding hydrogens is 324 g/mol. The minimum Gasteiger partial charge on any atom is -0.316 e. The summed E-state index contributed by atoms with van der Waals surface area (Å²) in [4.78, 5) is 0. The summed E-state index contributed by atoms with van der Waals surface area (Å²) in [5, 5.41) is 3.20. The van der Waals surface area contributed by atoms with Gasteiger partial charge in [0, 0.05) is 6.04 Å². The van der Waals surface area contributed by atoms with Crippen LogP contribution in [0.4, 0.5) is 8.78 Å². The molecular formula is C16H16BrF2N. The Hall–Kier alpha value is -1.26. The van der Waals surface area contributed by atoms with Gasteiger partial charge in [0.2, 0.25) is 0 Å². The van der Waals surface area contributed by atoms with E-state index >= 15 is 0 Å². The maximum absolute atomic E-state index is 13.5. The molecule has 0 aliphatic rings. The number of likely N-dealkylation sites (N-methyl/N-ethyl adjacent to an activating group) is 1. The van der Waals surface area contributed by atoms with Gasteiger partial charge in [-0.15, -0.1) is 0 Å². The molecule has 0 amide bonds. The highest BCUT2D eigenvalue weighted by Crippen LogP contribution is 2.22. The van der Waals surface area contributed by atoms with Crippen molar-refractivity contribution in [3.8, 4) is 0 Å². The van der Waals surface area contributed by atoms with Crippen LogP contribution in [-0.2, 0) is 12.8 Å². The Labute approximate surface area is 126 Å². The fourth-order valence-corrected chi connectivity index (χ4v) is 2.62. The molecule has 0 saturated carbocycles. The van der Waals surface area contributed by atoms with Gasteiger partial charge in [-0.25, -0.2) is 8.78 Å². The first-order valence-electron chi connectivity index (χ1n) is 6.44. The summed E-state index contributed by atoms with van der Waals surface area (Å²) >= 11 is 3.27. The largest absolute Gasteiger partial charge is 0.316 e. The van der Waals surface area contributed by atoms with Gasteiger partial charge in [-0.3, -0.25) is 0 Å². The van der Waals surface area contributed by atoms with Crippen molar-refractivity contribution in [1.82, 2.24) is 5.32 Å². The summed E-state index contributed by atoms with van der Waals surface area (Å²) < 4.78 is 27.2. The zero-order valence-electron chi connectivity index (χ0n) is 11.2. The molecule has 0 saturated heterocycles. The number of hydrogen-bond acceptors (Lipinski definition) is 1. The second-order valence-electron chi connectivity index (χ2n) is 4.74. The molecule has 1 N–H and O–H groups in total. The number of nitrogens with one attached hydrogen (secondary N) is 1. The first-order valence-corrected chi connectivity index (χ1v) is 7.24. The van der Waals surface area contributed by atoms with Crippen molar-refractivity contribution in [2.24, 2.45) is 0 Å². The Balaban J connectivity index is 2.11. The first-order chi connectivity index (χ1) is 9.60. The van der Waals surface area contributed by atoms with Crippen LogP contribution in [0, 0.1) is 11.6 Å². The lowest BCUT2D eigenvalue weighted by atomic mass is 9.99. The topological polar surface area (TPSA) is 12.0 Å². The quantitative estimate of drug-likeness (QED) is 0.864. The molecule has 0 spiro atoms. The highest BCUT2D eigenvalue weighted by molar-refractivity contribution is 9.10. The highest BCUT2D eigenvalue weighted by Gasteiger charge is 2.12. The predicted octanol–water partition coefficient (Wildman–Crippen LogP) is 4.10. The van der Waals surface area contributed by atoms with Crippen molar-refractivity contribution >= 4 is 15.9 Å². The maximum Gasteiger partial charge on any atom is 0.137 e. The van der Waals surface area contributed by atoms with Crippen LogP contribution < -0.4 is 5.32 Å². The fourth-order valence-electron chi connectivity index (χ4n) is 2.20. The Morgan fingerprint density at radius 3 is 2.55 bits per heavy atom. The second kappa shape index (κ2) is 6.95. The molecule has 0 aromatic heterocycles. The van der Waals surface area contributed by atoms with E-state index in [2.05, 4.69) is 21.2 Å². The van der Waals surface area contributed by atoms with Gasteiger partial charge in [-0.05, 0) is 65.1 Å². The molecule has 0 radical (unpaired) electrons. The molecule has 0 aliphatic heterocycles. The van der Waals surface area contributed by atoms with Gasteiger partial charge < -0.3 is 5.32 Å². The standard InChI is InChI=1S/C16H16BrF2N/c1-20-14(9-11-4-2-6-13(18)8-11)10-12-5-3-7-15(19)16(12)17/h2-8,14,20H,9-10H2,1H3. The van der Waals surface area contributed by atoms with Gasteiger partial charge in [-0.2, -0.15) is 0 Å². The first kappa shape index (κ1) is 15.1. The SMILES string of the molecule is CNC(Cc1cccc(F)c1)Cc1cccc(F)c1Br. The summed E-state index contributed by atoms with van der Waals surface area (Å²) in [6.45, 7) is 0. The third kappa shape index (κ3) is 3.87. The van der Waals surface area contributed by atoms with Crippen LogP contribution >= 0.6 is 15.9 Å². The number of hydrogen-bond donors (Lipinski definition) is 1. The average Bonchev–Trinajstić information content (AvgIpc) is 2.43. The molecule has 106 valence electrons. The smallest absolute Gasteiger partial charge is 0.137 e. The summed E-state index contributed by atoms with van der Waals surface area (Å²) in [7, 11) is 1.86. The molecule has 4 heteroatoms. The average molecular weight is 340 g/mol. The van der Waals surface area contributed by atoms with E-state index in [0.717, 1.165) is 11.1 Å². The van der Waals surface area contributed by atoms with Gasteiger partial charge >= 0.3 is 0 Å². The lowest BCUT2D eigenvalue weighted by Crippen LogP contribution is -2.30. The Kier molecular flexibility index (Phi) is 5.26. The Morgan fingerprint density at radius 1 is 1.10 bits per heavy atom. The van der Waals surface area contributed by atoms with Crippen molar-refractivity contribution in [3.63, 3.8) is 0 Å². The van der Waals surface area contributed by atoms with Crippen molar-refractivity contribution in [3.05, 3.63) is 69.7 Å². The molecule has 2 aromatic rings. The van der Waals surface area contributed by atoms with Gasteiger partial charge in [0.15, 0.2) is 0 Å². The summed E-state index contributed by atoms with van der Waals surface area (Å²) in [5.74, 6) is -0.493. The fraction of sp³-hybridized carbons (Fsp3) is 0.250. The lowest BCUT2D eigenvalue weighted by molar-refractivity contribution is 0.547. The van der Waals surface area contributed by atoms with Crippen molar-refractivity contribution in [1.29, 1.82) is 0 Å². The summed E-state index contributed by atoms with van der Waals surface area (Å²) in [6.07, 6.45) is 1.36. The number of rotatable bonds is 5. The molecule has 20 heavy (non-hydrogen) atoms. The molecule has 2 aromatic carbocycles. The normalized spacial score (nSPS) is 12.4. The van der Waals surface area contributed by atoms with E-state index in [1.165, 1.54) is 18.2 Å². The van der Waals surface area contributed by atoms with Crippen molar-refractivity contribution < 1.29 is 8.78 Å². The molecule has 1 nitrogen and oxygen atoms in total. The van der Waals surface area contributed by atoms with Gasteiger partial charge in [0.05, 0.1) is 4.47 Å². The summed E-state index contributed by atoms with van der Waals surface area (Å²) in [6, 6.07) is 11.7. The van der Waals surface area contributed by atoms with E-state index in [9.17, 15) is 8.78 Å². The van der Waals surface area contributed by atoms with Gasteiger partial charge in [0.25, 0.3) is 0 Å². The maximum atomic E-state index is 13.5. The van der Waals surface area contributed by atoms with Crippen LogP contribution in [0.2, 0.25) is 0 Å². The van der Waals surface area contributed by atoms with E-state index in [-0.39, 0.29) is 17.7 Å². The number of benzene rings is 2. The molecule has 1 unspecified atom stereocenters. The van der Waals surface area contributed by atoms with Crippen LogP contribution in [0.5, 0.6) is 0 Å². The predicted molar refractivity (Wildman–Crippen MR) is 80.8 cm³/mol. The molecule has 2 rings (SSSR count). The Bertz CT molecular complexity index is 586. The van der Waals surface area contributed by atoms with E-state index in [0.29, 0.717) is 17.3 Å². The van der Waals surface area contributed by atoms with E-state index in [4.69, 9.17) is 0 Å². The third-order valence-electron chi connectivity index (χ3n) is 3.28. The Morgan fingerprint density at radius 2 is 1.85 bits per heavy atom. The molecule has 0 fully saturated rings. The van der Waals surface area contributed by atoms with Crippen LogP contribution in [0.1, 0.15) is 11.1 Å². The van der Waals surface area contributed by atoms with Gasteiger partial charge in [0.1, 0.15) is 11.6 Å². The van der Waals surface area contributed by atoms with Crippen LogP contribution in [0.15, 0.2) is 46.9 Å². The van der Waals surface area contributed by atoms with Crippen molar-refractivity contribution in [2.45, 2.75) is 18.9 Å². The zero-order chi connectivity index (χ0) is 14.5. The minimum absolute atomic E-state index is 0.120. The molecule has 0 aliphatic carbocycles. The lowest BCUT2D eigenvalue weighted by Gasteiger charge is -2.17. The zero-order valence-corrected chi connectivity index (χ0v) is 12.8. The highest BCUT2D eigenvalue weighted by atomic mass is 79.9. The number of halogens is 3. The van der Waals surface area contributed by atoms with E-state index in [1.807, 2.05) is 19.2 Å². The molecule has 0 bridgehead atoms. The third-order valence-corrected chi connectivity index (χ3v) is 4.17. The van der Waals surface area contributed by atoms with Gasteiger partial charge in [-0.1, -0.05) is 24.3 Å². The second-order valence-corrected chi connectivity index (χ2v) is 5.53. The minimum atomic E-state index is -0.261.